The maximum absolute atomic E-state index is 12.2. The maximum Gasteiger partial charge on any atom is 0.335 e. The molecule has 3 N–H and O–H groups in total. The van der Waals surface area contributed by atoms with E-state index in [1.54, 1.807) is 20.8 Å². The van der Waals surface area contributed by atoms with E-state index in [9.17, 15) is 24.9 Å². The zero-order valence-electron chi connectivity index (χ0n) is 16.7. The van der Waals surface area contributed by atoms with E-state index >= 15 is 0 Å². The summed E-state index contributed by atoms with van der Waals surface area (Å²) in [4.78, 5) is 23.5. The van der Waals surface area contributed by atoms with Gasteiger partial charge in [-0.05, 0) is 76.3 Å². The molecule has 1 rings (SSSR count). The number of rotatable bonds is 9. The van der Waals surface area contributed by atoms with Gasteiger partial charge in [-0.1, -0.05) is 24.6 Å². The molecule has 148 valence electrons. The average Bonchev–Trinajstić information content (AvgIpc) is 2.56. The summed E-state index contributed by atoms with van der Waals surface area (Å²) in [6, 6.07) is 2.95. The molecule has 27 heavy (non-hydrogen) atoms. The number of carbonyl (C=O) groups excluding carboxylic acids is 1. The van der Waals surface area contributed by atoms with Crippen molar-refractivity contribution < 1.29 is 24.9 Å². The zero-order valence-corrected chi connectivity index (χ0v) is 16.7. The second-order valence-electron chi connectivity index (χ2n) is 7.76. The Bertz CT molecular complexity index is 747. The van der Waals surface area contributed by atoms with Gasteiger partial charge >= 0.3 is 5.97 Å². The Labute approximate surface area is 161 Å². The second-order valence-corrected chi connectivity index (χ2v) is 7.76. The van der Waals surface area contributed by atoms with Crippen LogP contribution in [-0.4, -0.2) is 32.7 Å². The normalized spacial score (nSPS) is 12.8. The lowest BCUT2D eigenvalue weighted by molar-refractivity contribution is -0.118. The molecule has 0 radical (unpaired) electrons. The fourth-order valence-corrected chi connectivity index (χ4v) is 2.51. The third-order valence-electron chi connectivity index (χ3n) is 4.23. The molecule has 0 bridgehead atoms. The van der Waals surface area contributed by atoms with E-state index in [-0.39, 0.29) is 23.0 Å². The number of allylic oxidation sites excluding steroid dienone is 3. The van der Waals surface area contributed by atoms with E-state index in [2.05, 4.69) is 0 Å². The minimum absolute atomic E-state index is 0.0872. The molecule has 1 aromatic rings. The molecule has 0 amide bonds. The van der Waals surface area contributed by atoms with Crippen molar-refractivity contribution in [3.8, 4) is 5.75 Å². The van der Waals surface area contributed by atoms with E-state index in [1.165, 1.54) is 24.3 Å². The van der Waals surface area contributed by atoms with Gasteiger partial charge in [0.25, 0.3) is 0 Å². The second kappa shape index (κ2) is 9.51. The minimum atomic E-state index is -1.05. The molecule has 1 aromatic carbocycles. The molecule has 0 aliphatic heterocycles. The van der Waals surface area contributed by atoms with Crippen LogP contribution in [0.25, 0.3) is 0 Å². The van der Waals surface area contributed by atoms with Gasteiger partial charge in [0.1, 0.15) is 5.75 Å². The van der Waals surface area contributed by atoms with Gasteiger partial charge in [-0.3, -0.25) is 4.79 Å². The molecule has 0 aliphatic rings. The smallest absolute Gasteiger partial charge is 0.335 e. The number of hydrogen-bond acceptors (Lipinski definition) is 4. The molecule has 0 fully saturated rings. The number of phenolic OH excluding ortho intramolecular Hbond substituents is 1. The van der Waals surface area contributed by atoms with Crippen LogP contribution in [0, 0.1) is 5.92 Å². The first kappa shape index (κ1) is 22.6. The summed E-state index contributed by atoms with van der Waals surface area (Å²) in [6.07, 6.45) is 6.05. The fourth-order valence-electron chi connectivity index (χ4n) is 2.51. The predicted molar refractivity (Wildman–Crippen MR) is 106 cm³/mol. The van der Waals surface area contributed by atoms with Gasteiger partial charge in [0.2, 0.25) is 0 Å². The van der Waals surface area contributed by atoms with Crippen LogP contribution in [0.3, 0.4) is 0 Å². The Hall–Kier alpha value is -2.40. The number of aromatic hydroxyl groups is 1. The highest BCUT2D eigenvalue weighted by atomic mass is 16.4. The Morgan fingerprint density at radius 3 is 2.30 bits per heavy atom. The number of carbonyl (C=O) groups is 2. The lowest BCUT2D eigenvalue weighted by Gasteiger charge is -2.14. The van der Waals surface area contributed by atoms with E-state index in [4.69, 9.17) is 0 Å². The number of aliphatic hydroxyl groups is 1. The molecule has 0 aromatic heterocycles. The highest BCUT2D eigenvalue weighted by molar-refractivity contribution is 5.91. The summed E-state index contributed by atoms with van der Waals surface area (Å²) >= 11 is 0. The van der Waals surface area contributed by atoms with Crippen LogP contribution in [-0.2, 0) is 17.6 Å². The van der Waals surface area contributed by atoms with E-state index in [0.717, 1.165) is 5.57 Å². The van der Waals surface area contributed by atoms with Gasteiger partial charge in [-0.15, -0.1) is 0 Å². The Balaban J connectivity index is 2.98. The van der Waals surface area contributed by atoms with Crippen molar-refractivity contribution in [1.82, 2.24) is 0 Å². The Kier molecular flexibility index (Phi) is 7.98. The maximum atomic E-state index is 12.2. The first-order chi connectivity index (χ1) is 12.4. The van der Waals surface area contributed by atoms with E-state index < -0.39 is 11.6 Å². The van der Waals surface area contributed by atoms with Crippen LogP contribution in [0.1, 0.15) is 62.5 Å². The van der Waals surface area contributed by atoms with Crippen molar-refractivity contribution in [1.29, 1.82) is 0 Å². The Morgan fingerprint density at radius 2 is 1.78 bits per heavy atom. The predicted octanol–water partition coefficient (Wildman–Crippen LogP) is 4.06. The van der Waals surface area contributed by atoms with Gasteiger partial charge in [0.15, 0.2) is 5.78 Å². The van der Waals surface area contributed by atoms with Crippen molar-refractivity contribution in [3.63, 3.8) is 0 Å². The molecule has 5 heteroatoms. The van der Waals surface area contributed by atoms with E-state index in [1.807, 2.05) is 19.9 Å². The quantitative estimate of drug-likeness (QED) is 0.447. The van der Waals surface area contributed by atoms with Gasteiger partial charge in [-0.2, -0.15) is 0 Å². The van der Waals surface area contributed by atoms with Gasteiger partial charge in [-0.25, -0.2) is 4.79 Å². The van der Waals surface area contributed by atoms with Crippen LogP contribution < -0.4 is 0 Å². The molecular weight excluding hydrogens is 344 g/mol. The van der Waals surface area contributed by atoms with Crippen LogP contribution in [0.2, 0.25) is 0 Å². The standard InChI is InChI=1S/C22H30O5/c1-14(2)6-8-16-12-18(21(25)26)13-17(20(16)24)9-7-15(3)19(23)10-11-22(4,5)27/h6,10-13,15,24,27H,7-9H2,1-5H3,(H,25,26)/b11-10+/t15-/m1/s1. The molecule has 1 atom stereocenters. The molecule has 0 unspecified atom stereocenters. The number of phenols is 1. The number of hydrogen-bond donors (Lipinski definition) is 3. The number of aryl methyl sites for hydroxylation is 1. The topological polar surface area (TPSA) is 94.8 Å². The van der Waals surface area contributed by atoms with Gasteiger partial charge in [0, 0.05) is 5.92 Å². The number of carboxylic acid groups (broad SMARTS) is 1. The van der Waals surface area contributed by atoms with Crippen LogP contribution >= 0.6 is 0 Å². The average molecular weight is 374 g/mol. The number of carboxylic acids is 1. The minimum Gasteiger partial charge on any atom is -0.507 e. The Morgan fingerprint density at radius 1 is 1.19 bits per heavy atom. The van der Waals surface area contributed by atoms with Gasteiger partial charge in [0.05, 0.1) is 11.2 Å². The zero-order chi connectivity index (χ0) is 20.8. The summed E-state index contributed by atoms with van der Waals surface area (Å²) in [6.45, 7) is 8.83. The molecule has 0 aliphatic carbocycles. The first-order valence-corrected chi connectivity index (χ1v) is 9.07. The number of aromatic carboxylic acids is 1. The lowest BCUT2D eigenvalue weighted by atomic mass is 9.93. The highest BCUT2D eigenvalue weighted by Crippen LogP contribution is 2.28. The van der Waals surface area contributed by atoms with Gasteiger partial charge < -0.3 is 15.3 Å². The largest absolute Gasteiger partial charge is 0.507 e. The third-order valence-corrected chi connectivity index (χ3v) is 4.23. The summed E-state index contributed by atoms with van der Waals surface area (Å²) in [5.74, 6) is -1.38. The van der Waals surface area contributed by atoms with E-state index in [0.29, 0.717) is 30.4 Å². The molecular formula is C22H30O5. The van der Waals surface area contributed by atoms with Crippen molar-refractivity contribution in [2.45, 2.75) is 59.5 Å². The van der Waals surface area contributed by atoms with Crippen molar-refractivity contribution in [2.24, 2.45) is 5.92 Å². The molecule has 5 nitrogen and oxygen atoms in total. The monoisotopic (exact) mass is 374 g/mol. The summed E-state index contributed by atoms with van der Waals surface area (Å²) in [7, 11) is 0. The first-order valence-electron chi connectivity index (χ1n) is 9.07. The number of benzene rings is 1. The van der Waals surface area contributed by atoms with Crippen LogP contribution in [0.5, 0.6) is 5.75 Å². The van der Waals surface area contributed by atoms with Crippen LogP contribution in [0.4, 0.5) is 0 Å². The molecule has 0 saturated carbocycles. The van der Waals surface area contributed by atoms with Crippen molar-refractivity contribution in [2.75, 3.05) is 0 Å². The SMILES string of the molecule is CC(C)=CCc1cc(C(=O)O)cc(CC[C@@H](C)C(=O)/C=C/C(C)(C)O)c1O. The number of ketones is 1. The van der Waals surface area contributed by atoms with Crippen molar-refractivity contribution >= 4 is 11.8 Å². The summed E-state index contributed by atoms with van der Waals surface area (Å²) in [5.41, 5.74) is 1.24. The lowest BCUT2D eigenvalue weighted by Crippen LogP contribution is -2.16. The third kappa shape index (κ3) is 7.79. The fraction of sp³-hybridized carbons (Fsp3) is 0.455. The summed E-state index contributed by atoms with van der Waals surface area (Å²) < 4.78 is 0. The molecule has 0 heterocycles. The van der Waals surface area contributed by atoms with Crippen molar-refractivity contribution in [3.05, 3.63) is 52.6 Å². The van der Waals surface area contributed by atoms with Crippen LogP contribution in [0.15, 0.2) is 35.9 Å². The highest BCUT2D eigenvalue weighted by Gasteiger charge is 2.17. The molecule has 0 spiro atoms. The molecule has 0 saturated heterocycles. The summed E-state index contributed by atoms with van der Waals surface area (Å²) in [5, 5.41) is 29.5.